The van der Waals surface area contributed by atoms with Gasteiger partial charge < -0.3 is 15.0 Å². The smallest absolute Gasteiger partial charge is 0.306 e. The van der Waals surface area contributed by atoms with Crippen molar-refractivity contribution in [3.05, 3.63) is 52.7 Å². The number of rotatable bonds is 7. The molecule has 2 aromatic heterocycles. The number of esters is 1. The number of H-pyrrole nitrogens is 1. The number of para-hydroxylation sites is 1. The molecule has 28 heavy (non-hydrogen) atoms. The maximum Gasteiger partial charge on any atom is 0.306 e. The molecule has 3 rings (SSSR count). The van der Waals surface area contributed by atoms with Crippen LogP contribution in [0.1, 0.15) is 32.1 Å². The number of aryl methyl sites for hydroxylation is 1. The molecule has 3 aromatic rings. The molecular weight excluding hydrogens is 362 g/mol. The minimum Gasteiger partial charge on any atom is -0.456 e. The van der Waals surface area contributed by atoms with Gasteiger partial charge in [0.05, 0.1) is 23.5 Å². The number of aromatic amines is 1. The first-order valence-electron chi connectivity index (χ1n) is 8.91. The van der Waals surface area contributed by atoms with Crippen LogP contribution in [0.2, 0.25) is 0 Å². The molecule has 0 spiro atoms. The Hall–Kier alpha value is -3.49. The van der Waals surface area contributed by atoms with Crippen LogP contribution in [0.3, 0.4) is 0 Å². The third-order valence-electron chi connectivity index (χ3n) is 4.02. The number of hydrogen-bond donors (Lipinski definition) is 2. The van der Waals surface area contributed by atoms with Crippen LogP contribution < -0.4 is 10.9 Å². The molecule has 0 aliphatic carbocycles. The van der Waals surface area contributed by atoms with E-state index in [-0.39, 0.29) is 24.4 Å². The van der Waals surface area contributed by atoms with Gasteiger partial charge in [0, 0.05) is 18.5 Å². The molecule has 2 N–H and O–H groups in total. The highest BCUT2D eigenvalue weighted by Gasteiger charge is 2.12. The second kappa shape index (κ2) is 8.47. The zero-order valence-corrected chi connectivity index (χ0v) is 15.6. The molecular formula is C19H21N5O4. The number of hydrogen-bond acceptors (Lipinski definition) is 6. The van der Waals surface area contributed by atoms with Crippen LogP contribution in [0.15, 0.2) is 41.3 Å². The van der Waals surface area contributed by atoms with Crippen molar-refractivity contribution in [2.75, 3.05) is 11.9 Å². The molecule has 0 aliphatic rings. The Balaban J connectivity index is 1.50. The van der Waals surface area contributed by atoms with Crippen molar-refractivity contribution < 1.29 is 14.3 Å². The summed E-state index contributed by atoms with van der Waals surface area (Å²) < 4.78 is 6.65. The molecule has 0 fully saturated rings. The van der Waals surface area contributed by atoms with Gasteiger partial charge in [-0.15, -0.1) is 0 Å². The Morgan fingerprint density at radius 1 is 1.25 bits per heavy atom. The first-order valence-corrected chi connectivity index (χ1v) is 8.91. The standard InChI is InChI=1S/C19H21N5O4/c1-12(2)24-16(9-10-20-24)23-17(25)11-28-18(26)8-7-15-21-14-6-4-3-5-13(14)19(27)22-15/h3-6,9-10,12H,7-8,11H2,1-2H3,(H,23,25)(H,21,22,27). The van der Waals surface area contributed by atoms with Gasteiger partial charge >= 0.3 is 5.97 Å². The Labute approximate surface area is 160 Å². The molecule has 0 saturated carbocycles. The fraction of sp³-hybridized carbons (Fsp3) is 0.316. The van der Waals surface area contributed by atoms with Crippen LogP contribution in [-0.4, -0.2) is 38.2 Å². The summed E-state index contributed by atoms with van der Waals surface area (Å²) in [5, 5.41) is 7.26. The first-order chi connectivity index (χ1) is 13.4. The van der Waals surface area contributed by atoms with Crippen LogP contribution in [0.4, 0.5) is 5.82 Å². The molecule has 1 amide bonds. The number of fused-ring (bicyclic) bond motifs is 1. The van der Waals surface area contributed by atoms with Crippen LogP contribution >= 0.6 is 0 Å². The lowest BCUT2D eigenvalue weighted by atomic mass is 10.2. The van der Waals surface area contributed by atoms with Gasteiger partial charge in [-0.25, -0.2) is 9.67 Å². The zero-order chi connectivity index (χ0) is 20.1. The normalized spacial score (nSPS) is 11.0. The Morgan fingerprint density at radius 3 is 2.82 bits per heavy atom. The van der Waals surface area contributed by atoms with E-state index in [2.05, 4.69) is 20.4 Å². The second-order valence-corrected chi connectivity index (χ2v) is 6.49. The van der Waals surface area contributed by atoms with Gasteiger partial charge in [-0.2, -0.15) is 5.10 Å². The molecule has 0 bridgehead atoms. The van der Waals surface area contributed by atoms with E-state index in [0.717, 1.165) is 0 Å². The summed E-state index contributed by atoms with van der Waals surface area (Å²) in [7, 11) is 0. The lowest BCUT2D eigenvalue weighted by Gasteiger charge is -2.11. The number of benzene rings is 1. The lowest BCUT2D eigenvalue weighted by Crippen LogP contribution is -2.23. The van der Waals surface area contributed by atoms with E-state index < -0.39 is 18.5 Å². The number of amides is 1. The largest absolute Gasteiger partial charge is 0.456 e. The predicted octanol–water partition coefficient (Wildman–Crippen LogP) is 1.81. The van der Waals surface area contributed by atoms with E-state index in [4.69, 9.17) is 4.74 Å². The molecule has 0 radical (unpaired) electrons. The number of carbonyl (C=O) groups excluding carboxylic acids is 2. The van der Waals surface area contributed by atoms with Crippen LogP contribution in [0.5, 0.6) is 0 Å². The maximum absolute atomic E-state index is 12.0. The van der Waals surface area contributed by atoms with E-state index in [9.17, 15) is 14.4 Å². The number of aromatic nitrogens is 4. The van der Waals surface area contributed by atoms with Gasteiger partial charge in [0.25, 0.3) is 11.5 Å². The quantitative estimate of drug-likeness (QED) is 0.601. The summed E-state index contributed by atoms with van der Waals surface area (Å²) in [6, 6.07) is 8.72. The van der Waals surface area contributed by atoms with E-state index in [1.54, 1.807) is 41.2 Å². The number of anilines is 1. The van der Waals surface area contributed by atoms with Crippen LogP contribution in [0.25, 0.3) is 10.9 Å². The third kappa shape index (κ3) is 4.61. The van der Waals surface area contributed by atoms with Crippen molar-refractivity contribution in [2.24, 2.45) is 0 Å². The van der Waals surface area contributed by atoms with Gasteiger partial charge in [0.1, 0.15) is 11.6 Å². The van der Waals surface area contributed by atoms with Gasteiger partial charge in [0.2, 0.25) is 0 Å². The number of nitrogens with zero attached hydrogens (tertiary/aromatic N) is 3. The number of carbonyl (C=O) groups is 2. The molecule has 146 valence electrons. The molecule has 0 aliphatic heterocycles. The van der Waals surface area contributed by atoms with Crippen molar-refractivity contribution in [3.63, 3.8) is 0 Å². The minimum atomic E-state index is -0.552. The maximum atomic E-state index is 12.0. The topological polar surface area (TPSA) is 119 Å². The molecule has 2 heterocycles. The van der Waals surface area contributed by atoms with Crippen molar-refractivity contribution >= 4 is 28.6 Å². The van der Waals surface area contributed by atoms with Gasteiger partial charge in [-0.1, -0.05) is 12.1 Å². The molecule has 0 atom stereocenters. The SMILES string of the molecule is CC(C)n1nccc1NC(=O)COC(=O)CCc1nc2ccccc2c(=O)[nH]1. The Bertz CT molecular complexity index is 1050. The van der Waals surface area contributed by atoms with Crippen molar-refractivity contribution in [2.45, 2.75) is 32.7 Å². The summed E-state index contributed by atoms with van der Waals surface area (Å²) in [5.41, 5.74) is 0.311. The summed E-state index contributed by atoms with van der Waals surface area (Å²) in [6.07, 6.45) is 1.79. The van der Waals surface area contributed by atoms with Gasteiger partial charge in [-0.3, -0.25) is 14.4 Å². The summed E-state index contributed by atoms with van der Waals surface area (Å²) >= 11 is 0. The highest BCUT2D eigenvalue weighted by Crippen LogP contribution is 2.12. The van der Waals surface area contributed by atoms with Crippen molar-refractivity contribution in [3.8, 4) is 0 Å². The van der Waals surface area contributed by atoms with Crippen molar-refractivity contribution in [1.82, 2.24) is 19.7 Å². The average molecular weight is 383 g/mol. The molecule has 9 nitrogen and oxygen atoms in total. The highest BCUT2D eigenvalue weighted by molar-refractivity contribution is 5.92. The first kappa shape index (κ1) is 19.3. The third-order valence-corrected chi connectivity index (χ3v) is 4.02. The molecule has 9 heteroatoms. The molecule has 0 unspecified atom stereocenters. The van der Waals surface area contributed by atoms with E-state index >= 15 is 0 Å². The summed E-state index contributed by atoms with van der Waals surface area (Å²) in [6.45, 7) is 3.48. The molecule has 0 saturated heterocycles. The number of nitrogens with one attached hydrogen (secondary N) is 2. The van der Waals surface area contributed by atoms with Crippen LogP contribution in [0, 0.1) is 0 Å². The van der Waals surface area contributed by atoms with E-state index in [0.29, 0.717) is 22.5 Å². The number of ether oxygens (including phenoxy) is 1. The zero-order valence-electron chi connectivity index (χ0n) is 15.6. The minimum absolute atomic E-state index is 0.00150. The highest BCUT2D eigenvalue weighted by atomic mass is 16.5. The fourth-order valence-corrected chi connectivity index (χ4v) is 2.70. The lowest BCUT2D eigenvalue weighted by molar-refractivity contribution is -0.147. The Kier molecular flexibility index (Phi) is 5.83. The molecule has 1 aromatic carbocycles. The van der Waals surface area contributed by atoms with Gasteiger partial charge in [0.15, 0.2) is 6.61 Å². The predicted molar refractivity (Wildman–Crippen MR) is 103 cm³/mol. The fourth-order valence-electron chi connectivity index (χ4n) is 2.70. The summed E-state index contributed by atoms with van der Waals surface area (Å²) in [5.74, 6) is -0.0729. The Morgan fingerprint density at radius 2 is 2.04 bits per heavy atom. The van der Waals surface area contributed by atoms with Crippen LogP contribution in [-0.2, 0) is 20.7 Å². The van der Waals surface area contributed by atoms with Crippen molar-refractivity contribution in [1.29, 1.82) is 0 Å². The summed E-state index contributed by atoms with van der Waals surface area (Å²) in [4.78, 5) is 42.9. The monoisotopic (exact) mass is 383 g/mol. The van der Waals surface area contributed by atoms with E-state index in [1.807, 2.05) is 13.8 Å². The van der Waals surface area contributed by atoms with Gasteiger partial charge in [-0.05, 0) is 26.0 Å². The second-order valence-electron chi connectivity index (χ2n) is 6.49. The van der Waals surface area contributed by atoms with E-state index in [1.165, 1.54) is 0 Å². The average Bonchev–Trinajstić information content (AvgIpc) is 3.13.